The van der Waals surface area contributed by atoms with Crippen LogP contribution in [0.5, 0.6) is 5.75 Å². The number of carbonyl (C=O) groups is 1. The largest absolute Gasteiger partial charge is 0.494 e. The molecule has 0 aliphatic carbocycles. The second kappa shape index (κ2) is 8.64. The molecule has 0 heterocycles. The van der Waals surface area contributed by atoms with Crippen molar-refractivity contribution in [2.24, 2.45) is 0 Å². The molecule has 122 valence electrons. The number of allylic oxidation sites excluding steroid dienone is 1. The van der Waals surface area contributed by atoms with E-state index in [0.717, 1.165) is 24.2 Å². The number of nitriles is 1. The zero-order chi connectivity index (χ0) is 17.4. The highest BCUT2D eigenvalue weighted by Gasteiger charge is 2.12. The van der Waals surface area contributed by atoms with E-state index in [1.165, 1.54) is 30.3 Å². The number of hydrogen-bond acceptors (Lipinski definition) is 3. The van der Waals surface area contributed by atoms with Crippen molar-refractivity contribution >= 4 is 11.9 Å². The number of ketones is 1. The molecule has 2 aromatic carbocycles. The zero-order valence-corrected chi connectivity index (χ0v) is 13.5. The molecule has 4 heteroatoms. The van der Waals surface area contributed by atoms with Crippen LogP contribution in [0.1, 0.15) is 35.7 Å². The van der Waals surface area contributed by atoms with E-state index in [1.807, 2.05) is 6.07 Å². The van der Waals surface area contributed by atoms with Crippen LogP contribution in [0.25, 0.3) is 6.08 Å². The Morgan fingerprint density at radius 1 is 1.17 bits per heavy atom. The van der Waals surface area contributed by atoms with E-state index in [1.54, 1.807) is 24.3 Å². The van der Waals surface area contributed by atoms with Crippen molar-refractivity contribution in [3.05, 3.63) is 71.0 Å². The van der Waals surface area contributed by atoms with Gasteiger partial charge in [0, 0.05) is 5.56 Å². The molecule has 2 rings (SSSR count). The highest BCUT2D eigenvalue weighted by atomic mass is 19.1. The van der Waals surface area contributed by atoms with Crippen LogP contribution in [0, 0.1) is 17.1 Å². The summed E-state index contributed by atoms with van der Waals surface area (Å²) >= 11 is 0. The van der Waals surface area contributed by atoms with E-state index >= 15 is 0 Å². The number of ether oxygens (including phenoxy) is 1. The van der Waals surface area contributed by atoms with Gasteiger partial charge in [0.05, 0.1) is 6.61 Å². The lowest BCUT2D eigenvalue weighted by molar-refractivity contribution is 0.104. The predicted molar refractivity (Wildman–Crippen MR) is 91.2 cm³/mol. The first-order valence-corrected chi connectivity index (χ1v) is 7.79. The van der Waals surface area contributed by atoms with Gasteiger partial charge in [-0.1, -0.05) is 25.5 Å². The Morgan fingerprint density at radius 2 is 1.83 bits per heavy atom. The first-order valence-electron chi connectivity index (χ1n) is 7.79. The van der Waals surface area contributed by atoms with Gasteiger partial charge in [0.15, 0.2) is 0 Å². The first-order chi connectivity index (χ1) is 11.6. The maximum atomic E-state index is 12.9. The highest BCUT2D eigenvalue weighted by molar-refractivity contribution is 6.14. The smallest absolute Gasteiger partial charge is 0.203 e. The summed E-state index contributed by atoms with van der Waals surface area (Å²) in [6.07, 6.45) is 3.58. The zero-order valence-electron chi connectivity index (χ0n) is 13.5. The van der Waals surface area contributed by atoms with Gasteiger partial charge in [-0.25, -0.2) is 4.39 Å². The lowest BCUT2D eigenvalue weighted by Crippen LogP contribution is -2.02. The van der Waals surface area contributed by atoms with E-state index in [4.69, 9.17) is 4.74 Å². The number of rotatable bonds is 7. The van der Waals surface area contributed by atoms with Gasteiger partial charge in [0.25, 0.3) is 0 Å². The van der Waals surface area contributed by atoms with Gasteiger partial charge in [-0.15, -0.1) is 0 Å². The number of benzene rings is 2. The summed E-state index contributed by atoms with van der Waals surface area (Å²) in [5.74, 6) is -0.0996. The average Bonchev–Trinajstić information content (AvgIpc) is 2.61. The monoisotopic (exact) mass is 323 g/mol. The Labute approximate surface area is 141 Å². The van der Waals surface area contributed by atoms with Crippen LogP contribution in [0.2, 0.25) is 0 Å². The maximum absolute atomic E-state index is 12.9. The van der Waals surface area contributed by atoms with E-state index < -0.39 is 11.6 Å². The standard InChI is InChI=1S/C20H18FNO2/c1-2-3-12-24-19-10-4-15(5-11-19)13-17(14-22)20(23)16-6-8-18(21)9-7-16/h4-11,13H,2-3,12H2,1H3/b17-13+. The molecule has 2 aromatic rings. The van der Waals surface area contributed by atoms with Crippen LogP contribution in [0.4, 0.5) is 4.39 Å². The Kier molecular flexibility index (Phi) is 6.27. The topological polar surface area (TPSA) is 50.1 Å². The molecular formula is C20H18FNO2. The quantitative estimate of drug-likeness (QED) is 0.318. The van der Waals surface area contributed by atoms with Crippen LogP contribution in [0.15, 0.2) is 54.1 Å². The summed E-state index contributed by atoms with van der Waals surface area (Å²) in [6.45, 7) is 2.76. The molecule has 0 spiro atoms. The number of hydrogen-bond donors (Lipinski definition) is 0. The van der Waals surface area contributed by atoms with Gasteiger partial charge < -0.3 is 4.74 Å². The molecular weight excluding hydrogens is 305 g/mol. The Hall–Kier alpha value is -2.93. The van der Waals surface area contributed by atoms with Crippen molar-refractivity contribution in [3.8, 4) is 11.8 Å². The fourth-order valence-electron chi connectivity index (χ4n) is 2.07. The lowest BCUT2D eigenvalue weighted by atomic mass is 10.0. The van der Waals surface area contributed by atoms with E-state index in [0.29, 0.717) is 6.61 Å². The summed E-state index contributed by atoms with van der Waals surface area (Å²) in [5, 5.41) is 9.23. The minimum atomic E-state index is -0.430. The maximum Gasteiger partial charge on any atom is 0.203 e. The van der Waals surface area contributed by atoms with Gasteiger partial charge in [0.2, 0.25) is 5.78 Å². The number of unbranched alkanes of at least 4 members (excludes halogenated alkanes) is 1. The third-order valence-electron chi connectivity index (χ3n) is 3.43. The number of carbonyl (C=O) groups excluding carboxylic acids is 1. The van der Waals surface area contributed by atoms with E-state index in [2.05, 4.69) is 6.92 Å². The summed E-state index contributed by atoms with van der Waals surface area (Å²) in [4.78, 5) is 12.3. The average molecular weight is 323 g/mol. The molecule has 0 atom stereocenters. The summed E-state index contributed by atoms with van der Waals surface area (Å²) in [5.41, 5.74) is 1.01. The van der Waals surface area contributed by atoms with Crippen LogP contribution in [-0.2, 0) is 0 Å². The molecule has 0 N–H and O–H groups in total. The SMILES string of the molecule is CCCCOc1ccc(/C=C(\C#N)C(=O)c2ccc(F)cc2)cc1. The molecule has 0 aliphatic heterocycles. The molecule has 0 aromatic heterocycles. The highest BCUT2D eigenvalue weighted by Crippen LogP contribution is 2.17. The molecule has 0 saturated heterocycles. The second-order valence-electron chi connectivity index (χ2n) is 5.28. The Balaban J connectivity index is 2.13. The molecule has 0 aliphatic rings. The fraction of sp³-hybridized carbons (Fsp3) is 0.200. The van der Waals surface area contributed by atoms with Crippen molar-refractivity contribution in [2.45, 2.75) is 19.8 Å². The summed E-state index contributed by atoms with van der Waals surface area (Å²) in [6, 6.07) is 14.2. The van der Waals surface area contributed by atoms with E-state index in [9.17, 15) is 14.4 Å². The van der Waals surface area contributed by atoms with Crippen LogP contribution in [0.3, 0.4) is 0 Å². The van der Waals surface area contributed by atoms with Gasteiger partial charge in [-0.3, -0.25) is 4.79 Å². The normalized spacial score (nSPS) is 11.0. The van der Waals surface area contributed by atoms with Crippen molar-refractivity contribution < 1.29 is 13.9 Å². The molecule has 0 unspecified atom stereocenters. The molecule has 0 bridgehead atoms. The van der Waals surface area contributed by atoms with Gasteiger partial charge in [-0.05, 0) is 54.5 Å². The van der Waals surface area contributed by atoms with Crippen LogP contribution in [-0.4, -0.2) is 12.4 Å². The molecule has 0 fully saturated rings. The molecule has 3 nitrogen and oxygen atoms in total. The molecule has 0 saturated carbocycles. The molecule has 24 heavy (non-hydrogen) atoms. The fourth-order valence-corrected chi connectivity index (χ4v) is 2.07. The molecule has 0 amide bonds. The van der Waals surface area contributed by atoms with Crippen LogP contribution >= 0.6 is 0 Å². The van der Waals surface area contributed by atoms with Crippen molar-refractivity contribution in [3.63, 3.8) is 0 Å². The van der Waals surface area contributed by atoms with E-state index in [-0.39, 0.29) is 11.1 Å². The predicted octanol–water partition coefficient (Wildman–Crippen LogP) is 4.79. The van der Waals surface area contributed by atoms with Gasteiger partial charge in [-0.2, -0.15) is 5.26 Å². The lowest BCUT2D eigenvalue weighted by Gasteiger charge is -2.05. The van der Waals surface area contributed by atoms with Gasteiger partial charge >= 0.3 is 0 Å². The van der Waals surface area contributed by atoms with Crippen molar-refractivity contribution in [1.29, 1.82) is 5.26 Å². The minimum Gasteiger partial charge on any atom is -0.494 e. The first kappa shape index (κ1) is 17.4. The summed E-state index contributed by atoms with van der Waals surface area (Å²) < 4.78 is 18.5. The van der Waals surface area contributed by atoms with Crippen molar-refractivity contribution in [1.82, 2.24) is 0 Å². The number of nitrogens with zero attached hydrogens (tertiary/aromatic N) is 1. The second-order valence-corrected chi connectivity index (χ2v) is 5.28. The van der Waals surface area contributed by atoms with Gasteiger partial charge in [0.1, 0.15) is 23.2 Å². The third-order valence-corrected chi connectivity index (χ3v) is 3.43. The van der Waals surface area contributed by atoms with Crippen LogP contribution < -0.4 is 4.74 Å². The molecule has 0 radical (unpaired) electrons. The minimum absolute atomic E-state index is 0.00117. The summed E-state index contributed by atoms with van der Waals surface area (Å²) in [7, 11) is 0. The Bertz CT molecular complexity index is 756. The number of halogens is 1. The number of Topliss-reactive ketones (excluding diaryl/α,β-unsaturated/α-hetero) is 1. The Morgan fingerprint density at radius 3 is 2.42 bits per heavy atom. The third kappa shape index (κ3) is 4.79. The van der Waals surface area contributed by atoms with Crippen molar-refractivity contribution in [2.75, 3.05) is 6.61 Å².